The lowest BCUT2D eigenvalue weighted by atomic mass is 9.95. The van der Waals surface area contributed by atoms with Crippen LogP contribution in [0.15, 0.2) is 17.3 Å². The minimum Gasteiger partial charge on any atom is -0.479 e. The molecule has 0 bridgehead atoms. The van der Waals surface area contributed by atoms with Crippen LogP contribution in [-0.2, 0) is 14.4 Å². The molecule has 0 aliphatic carbocycles. The molecule has 202 valence electrons. The second kappa shape index (κ2) is 19.8. The van der Waals surface area contributed by atoms with E-state index in [2.05, 4.69) is 34.9 Å². The number of carboxylic acids is 1. The van der Waals surface area contributed by atoms with Gasteiger partial charge in [-0.2, -0.15) is 5.10 Å². The smallest absolute Gasteiger partial charge is 0.339 e. The zero-order valence-corrected chi connectivity index (χ0v) is 21.7. The third-order valence-electron chi connectivity index (χ3n) is 5.95. The first kappa shape index (κ1) is 32.5. The molecule has 0 aliphatic heterocycles. The van der Waals surface area contributed by atoms with Crippen molar-refractivity contribution in [1.82, 2.24) is 10.7 Å². The van der Waals surface area contributed by atoms with Gasteiger partial charge in [0.2, 0.25) is 5.91 Å². The Bertz CT molecular complexity index is 679. The normalized spacial score (nSPS) is 13.1. The number of hydrogen-bond acceptors (Lipinski definition) is 6. The first-order valence-corrected chi connectivity index (χ1v) is 13.0. The topological polar surface area (TPSA) is 186 Å². The third kappa shape index (κ3) is 16.7. The minimum absolute atomic E-state index is 0.211. The number of unbranched alkanes of at least 4 members (excludes halogenated alkanes) is 11. The summed E-state index contributed by atoms with van der Waals surface area (Å²) in [6.45, 7) is 3.36. The number of hydrazone groups is 1. The van der Waals surface area contributed by atoms with Crippen LogP contribution in [0.3, 0.4) is 0 Å². The van der Waals surface area contributed by atoms with Gasteiger partial charge in [0.15, 0.2) is 5.66 Å². The van der Waals surface area contributed by atoms with Gasteiger partial charge in [-0.1, -0.05) is 77.4 Å². The maximum Gasteiger partial charge on any atom is 0.339 e. The fourth-order valence-corrected chi connectivity index (χ4v) is 3.32. The Morgan fingerprint density at radius 3 is 1.94 bits per heavy atom. The summed E-state index contributed by atoms with van der Waals surface area (Å²) in [5.41, 5.74) is 16.6. The number of carbonyl (C=O) groups is 3. The average molecular weight is 497 g/mol. The van der Waals surface area contributed by atoms with Crippen molar-refractivity contribution >= 4 is 23.6 Å². The van der Waals surface area contributed by atoms with Crippen LogP contribution in [-0.4, -0.2) is 40.9 Å². The summed E-state index contributed by atoms with van der Waals surface area (Å²) >= 11 is 0. The Morgan fingerprint density at radius 2 is 1.40 bits per heavy atom. The molecule has 0 fully saturated rings. The number of aliphatic carboxylic acids is 1. The van der Waals surface area contributed by atoms with Gasteiger partial charge in [-0.3, -0.25) is 9.59 Å². The maximum absolute atomic E-state index is 11.9. The average Bonchev–Trinajstić information content (AvgIpc) is 2.82. The van der Waals surface area contributed by atoms with Crippen molar-refractivity contribution in [2.24, 2.45) is 28.2 Å². The van der Waals surface area contributed by atoms with Crippen molar-refractivity contribution < 1.29 is 19.5 Å². The largest absolute Gasteiger partial charge is 0.479 e. The van der Waals surface area contributed by atoms with E-state index in [-0.39, 0.29) is 18.3 Å². The van der Waals surface area contributed by atoms with Crippen LogP contribution in [0.2, 0.25) is 0 Å². The molecule has 0 saturated carbocycles. The Balaban J connectivity index is 3.75. The third-order valence-corrected chi connectivity index (χ3v) is 5.95. The summed E-state index contributed by atoms with van der Waals surface area (Å²) in [4.78, 5) is 34.7. The minimum atomic E-state index is -2.11. The molecule has 2 amide bonds. The number of hydrogen-bond donors (Lipinski definition) is 6. The summed E-state index contributed by atoms with van der Waals surface area (Å²) < 4.78 is 0. The molecule has 0 radical (unpaired) electrons. The highest BCUT2D eigenvalue weighted by molar-refractivity contribution is 5.92. The van der Waals surface area contributed by atoms with E-state index >= 15 is 0 Å². The maximum atomic E-state index is 11.9. The molecule has 0 aromatic rings. The summed E-state index contributed by atoms with van der Waals surface area (Å²) in [6.07, 6.45) is 20.4. The predicted molar refractivity (Wildman–Crippen MR) is 140 cm³/mol. The lowest BCUT2D eigenvalue weighted by molar-refractivity contribution is -0.144. The number of amidine groups is 1. The van der Waals surface area contributed by atoms with Gasteiger partial charge in [-0.15, -0.1) is 0 Å². The Hall–Kier alpha value is -2.46. The van der Waals surface area contributed by atoms with Crippen molar-refractivity contribution in [1.29, 1.82) is 0 Å². The quantitative estimate of drug-likeness (QED) is 0.0352. The van der Waals surface area contributed by atoms with E-state index in [1.165, 1.54) is 58.3 Å². The SMILES string of the molecule is CCCCCCCC/C=C\CCCCCCCC(=O)NCC(=O)N/N=C(\N)C(C)C(N)(N)C(=O)O. The molecule has 0 aromatic heterocycles. The van der Waals surface area contributed by atoms with E-state index in [9.17, 15) is 14.4 Å². The van der Waals surface area contributed by atoms with Gasteiger partial charge in [0.1, 0.15) is 5.84 Å². The zero-order chi connectivity index (χ0) is 26.5. The van der Waals surface area contributed by atoms with Crippen LogP contribution in [0.5, 0.6) is 0 Å². The summed E-state index contributed by atoms with van der Waals surface area (Å²) in [5.74, 6) is -3.50. The molecular weight excluding hydrogens is 448 g/mol. The Labute approximate surface area is 210 Å². The summed E-state index contributed by atoms with van der Waals surface area (Å²) in [7, 11) is 0. The van der Waals surface area contributed by atoms with Crippen LogP contribution in [0.1, 0.15) is 104 Å². The number of rotatable bonds is 21. The predicted octanol–water partition coefficient (Wildman–Crippen LogP) is 2.86. The van der Waals surface area contributed by atoms with Crippen LogP contribution in [0.4, 0.5) is 0 Å². The number of nitrogens with one attached hydrogen (secondary N) is 2. The number of nitrogens with zero attached hydrogens (tertiary/aromatic N) is 1. The fourth-order valence-electron chi connectivity index (χ4n) is 3.32. The van der Waals surface area contributed by atoms with Crippen molar-refractivity contribution in [3.05, 3.63) is 12.2 Å². The van der Waals surface area contributed by atoms with E-state index in [0.29, 0.717) is 6.42 Å². The van der Waals surface area contributed by atoms with Crippen LogP contribution >= 0.6 is 0 Å². The number of allylic oxidation sites excluding steroid dienone is 2. The first-order valence-electron chi connectivity index (χ1n) is 13.0. The molecule has 10 nitrogen and oxygen atoms in total. The number of nitrogens with two attached hydrogens (primary N) is 3. The fraction of sp³-hybridized carbons (Fsp3) is 0.760. The van der Waals surface area contributed by atoms with Crippen molar-refractivity contribution in [3.63, 3.8) is 0 Å². The molecule has 1 atom stereocenters. The van der Waals surface area contributed by atoms with Crippen LogP contribution in [0, 0.1) is 5.92 Å². The highest BCUT2D eigenvalue weighted by Gasteiger charge is 2.38. The standard InChI is InChI=1S/C25H48N6O4/c1-3-4-5-6-7-8-9-10-11-12-13-14-15-16-17-18-21(32)29-19-22(33)30-31-23(26)20(2)25(27,28)24(34)35/h10-11,20H,3-9,12-19,27-28H2,1-2H3,(H2,26,31)(H,29,32)(H,30,33)(H,34,35)/b11-10-. The molecule has 9 N–H and O–H groups in total. The molecule has 0 rings (SSSR count). The highest BCUT2D eigenvalue weighted by atomic mass is 16.4. The van der Waals surface area contributed by atoms with E-state index in [1.807, 2.05) is 0 Å². The molecule has 0 saturated heterocycles. The zero-order valence-electron chi connectivity index (χ0n) is 21.7. The molecule has 0 aliphatic rings. The lowest BCUT2D eigenvalue weighted by Gasteiger charge is -2.25. The summed E-state index contributed by atoms with van der Waals surface area (Å²) in [5, 5.41) is 15.1. The highest BCUT2D eigenvalue weighted by Crippen LogP contribution is 2.10. The second-order valence-corrected chi connectivity index (χ2v) is 9.14. The molecule has 10 heteroatoms. The molecular formula is C25H48N6O4. The number of carboxylic acid groups (broad SMARTS) is 1. The van der Waals surface area contributed by atoms with E-state index in [4.69, 9.17) is 22.3 Å². The van der Waals surface area contributed by atoms with Gasteiger partial charge in [0, 0.05) is 6.42 Å². The molecule has 0 heterocycles. The monoisotopic (exact) mass is 496 g/mol. The van der Waals surface area contributed by atoms with Crippen molar-refractivity contribution in [3.8, 4) is 0 Å². The Kier molecular flexibility index (Phi) is 18.4. The lowest BCUT2D eigenvalue weighted by Crippen LogP contribution is -2.64. The van der Waals surface area contributed by atoms with Gasteiger partial charge < -0.3 is 27.6 Å². The van der Waals surface area contributed by atoms with Gasteiger partial charge in [0.25, 0.3) is 5.91 Å². The van der Waals surface area contributed by atoms with Gasteiger partial charge >= 0.3 is 5.97 Å². The molecule has 0 aromatic carbocycles. The Morgan fingerprint density at radius 1 is 0.886 bits per heavy atom. The van der Waals surface area contributed by atoms with E-state index in [1.54, 1.807) is 0 Å². The van der Waals surface area contributed by atoms with E-state index in [0.717, 1.165) is 32.1 Å². The van der Waals surface area contributed by atoms with Crippen LogP contribution < -0.4 is 27.9 Å². The van der Waals surface area contributed by atoms with Gasteiger partial charge in [-0.25, -0.2) is 10.2 Å². The molecule has 35 heavy (non-hydrogen) atoms. The number of carbonyl (C=O) groups excluding carboxylic acids is 2. The van der Waals surface area contributed by atoms with Crippen molar-refractivity contribution in [2.75, 3.05) is 6.54 Å². The number of amides is 2. The molecule has 1 unspecified atom stereocenters. The van der Waals surface area contributed by atoms with Gasteiger partial charge in [-0.05, 0) is 32.1 Å². The van der Waals surface area contributed by atoms with Crippen LogP contribution in [0.25, 0.3) is 0 Å². The second-order valence-electron chi connectivity index (χ2n) is 9.14. The van der Waals surface area contributed by atoms with Gasteiger partial charge in [0.05, 0.1) is 12.5 Å². The van der Waals surface area contributed by atoms with E-state index < -0.39 is 23.5 Å². The molecule has 0 spiro atoms. The van der Waals surface area contributed by atoms with Crippen molar-refractivity contribution in [2.45, 2.75) is 109 Å². The summed E-state index contributed by atoms with van der Waals surface area (Å²) in [6, 6.07) is 0. The first-order chi connectivity index (χ1) is 16.6.